The molecule has 0 fully saturated rings. The highest BCUT2D eigenvalue weighted by atomic mass is 31.2. The van der Waals surface area contributed by atoms with Crippen molar-refractivity contribution in [2.24, 2.45) is 0 Å². The Labute approximate surface area is 85.6 Å². The predicted octanol–water partition coefficient (Wildman–Crippen LogP) is 2.18. The van der Waals surface area contributed by atoms with E-state index in [0.29, 0.717) is 13.1 Å². The van der Waals surface area contributed by atoms with Gasteiger partial charge in [0.15, 0.2) is 0 Å². The molecule has 1 unspecified atom stereocenters. The van der Waals surface area contributed by atoms with Crippen molar-refractivity contribution in [3.05, 3.63) is 0 Å². The molecule has 0 saturated carbocycles. The standard InChI is InChI=1S/C8H20NO4P/c1-4-7-9(8-5-2)13-14(10,11)12-6-3/h4-8H2,1-3H3,(H,10,11). The largest absolute Gasteiger partial charge is 0.488 e. The van der Waals surface area contributed by atoms with Crippen LogP contribution in [0, 0.1) is 0 Å². The summed E-state index contributed by atoms with van der Waals surface area (Å²) in [5.41, 5.74) is 0. The molecule has 0 aromatic carbocycles. The van der Waals surface area contributed by atoms with Crippen molar-refractivity contribution in [3.8, 4) is 0 Å². The van der Waals surface area contributed by atoms with Gasteiger partial charge in [0.2, 0.25) is 0 Å². The van der Waals surface area contributed by atoms with Gasteiger partial charge in [0.05, 0.1) is 6.61 Å². The Hall–Kier alpha value is 0.0700. The van der Waals surface area contributed by atoms with E-state index < -0.39 is 7.82 Å². The summed E-state index contributed by atoms with van der Waals surface area (Å²) >= 11 is 0. The van der Waals surface area contributed by atoms with E-state index >= 15 is 0 Å². The van der Waals surface area contributed by atoms with Gasteiger partial charge in [0.25, 0.3) is 0 Å². The molecule has 0 radical (unpaired) electrons. The van der Waals surface area contributed by atoms with Crippen LogP contribution in [0.1, 0.15) is 33.6 Å². The molecule has 6 heteroatoms. The van der Waals surface area contributed by atoms with Crippen molar-refractivity contribution in [2.45, 2.75) is 33.6 Å². The second kappa shape index (κ2) is 7.37. The number of phosphoric ester groups is 1. The predicted molar refractivity (Wildman–Crippen MR) is 54.7 cm³/mol. The van der Waals surface area contributed by atoms with Crippen molar-refractivity contribution < 1.29 is 18.6 Å². The maximum Gasteiger partial charge on any atom is 0.488 e. The fourth-order valence-electron chi connectivity index (χ4n) is 1.02. The zero-order valence-electron chi connectivity index (χ0n) is 9.10. The molecule has 1 N–H and O–H groups in total. The number of hydroxylamine groups is 2. The van der Waals surface area contributed by atoms with Crippen LogP contribution in [0.3, 0.4) is 0 Å². The van der Waals surface area contributed by atoms with E-state index in [4.69, 9.17) is 4.62 Å². The minimum Gasteiger partial charge on any atom is -0.301 e. The highest BCUT2D eigenvalue weighted by Gasteiger charge is 2.24. The van der Waals surface area contributed by atoms with Gasteiger partial charge < -0.3 is 4.89 Å². The molecule has 1 atom stereocenters. The van der Waals surface area contributed by atoms with Crippen LogP contribution in [0.4, 0.5) is 0 Å². The molecule has 0 heterocycles. The minimum atomic E-state index is -3.88. The van der Waals surface area contributed by atoms with Gasteiger partial charge in [-0.2, -0.15) is 9.69 Å². The van der Waals surface area contributed by atoms with Gasteiger partial charge in [0, 0.05) is 13.1 Å². The van der Waals surface area contributed by atoms with Gasteiger partial charge in [-0.15, -0.1) is 0 Å². The first-order chi connectivity index (χ1) is 6.55. The normalized spacial score (nSPS) is 15.8. The van der Waals surface area contributed by atoms with Crippen LogP contribution in [0.2, 0.25) is 0 Å². The molecule has 0 aromatic heterocycles. The molecule has 5 nitrogen and oxygen atoms in total. The van der Waals surface area contributed by atoms with E-state index in [-0.39, 0.29) is 6.61 Å². The van der Waals surface area contributed by atoms with Crippen LogP contribution in [-0.4, -0.2) is 29.7 Å². The number of hydrogen-bond donors (Lipinski definition) is 1. The van der Waals surface area contributed by atoms with E-state index in [0.717, 1.165) is 12.8 Å². The van der Waals surface area contributed by atoms with Gasteiger partial charge in [-0.05, 0) is 19.8 Å². The summed E-state index contributed by atoms with van der Waals surface area (Å²) in [6.45, 7) is 7.04. The number of hydrogen-bond acceptors (Lipinski definition) is 4. The number of rotatable bonds is 8. The fraction of sp³-hybridized carbons (Fsp3) is 1.00. The van der Waals surface area contributed by atoms with Crippen LogP contribution in [0.25, 0.3) is 0 Å². The molecule has 0 aromatic rings. The average Bonchev–Trinajstić information content (AvgIpc) is 2.03. The number of phosphoric acid groups is 1. The van der Waals surface area contributed by atoms with Gasteiger partial charge in [-0.3, -0.25) is 4.52 Å². The van der Waals surface area contributed by atoms with Crippen molar-refractivity contribution in [1.82, 2.24) is 5.06 Å². The quantitative estimate of drug-likeness (QED) is 0.506. The second-order valence-electron chi connectivity index (χ2n) is 2.90. The molecular weight excluding hydrogens is 205 g/mol. The Kier molecular flexibility index (Phi) is 7.41. The highest BCUT2D eigenvalue weighted by Crippen LogP contribution is 2.43. The number of nitrogens with zero attached hydrogens (tertiary/aromatic N) is 1. The lowest BCUT2D eigenvalue weighted by Crippen LogP contribution is -2.25. The lowest BCUT2D eigenvalue weighted by molar-refractivity contribution is -0.0857. The molecule has 86 valence electrons. The summed E-state index contributed by atoms with van der Waals surface area (Å²) in [6, 6.07) is 0. The molecule has 0 amide bonds. The summed E-state index contributed by atoms with van der Waals surface area (Å²) in [7, 11) is -3.88. The fourth-order valence-corrected chi connectivity index (χ4v) is 1.85. The smallest absolute Gasteiger partial charge is 0.301 e. The zero-order chi connectivity index (χ0) is 11.0. The van der Waals surface area contributed by atoms with Crippen LogP contribution < -0.4 is 0 Å². The molecule has 0 spiro atoms. The average molecular weight is 225 g/mol. The third-order valence-corrected chi connectivity index (χ3v) is 2.48. The maximum atomic E-state index is 11.2. The van der Waals surface area contributed by atoms with Gasteiger partial charge in [-0.25, -0.2) is 4.57 Å². The summed E-state index contributed by atoms with van der Waals surface area (Å²) in [5.74, 6) is 0. The summed E-state index contributed by atoms with van der Waals surface area (Å²) < 4.78 is 20.7. The molecule has 14 heavy (non-hydrogen) atoms. The van der Waals surface area contributed by atoms with Crippen molar-refractivity contribution in [1.29, 1.82) is 0 Å². The Bertz CT molecular complexity index is 182. The summed E-state index contributed by atoms with van der Waals surface area (Å²) in [6.07, 6.45) is 1.73. The van der Waals surface area contributed by atoms with Crippen molar-refractivity contribution in [2.75, 3.05) is 19.7 Å². The van der Waals surface area contributed by atoms with Gasteiger partial charge in [0.1, 0.15) is 0 Å². The third-order valence-electron chi connectivity index (χ3n) is 1.46. The Morgan fingerprint density at radius 3 is 2.07 bits per heavy atom. The third kappa shape index (κ3) is 6.51. The highest BCUT2D eigenvalue weighted by molar-refractivity contribution is 7.47. The first kappa shape index (κ1) is 14.1. The van der Waals surface area contributed by atoms with E-state index in [1.54, 1.807) is 6.92 Å². The monoisotopic (exact) mass is 225 g/mol. The van der Waals surface area contributed by atoms with Crippen LogP contribution in [0.15, 0.2) is 0 Å². The molecule has 0 aliphatic heterocycles. The molecule has 0 rings (SSSR count). The van der Waals surface area contributed by atoms with E-state index in [1.165, 1.54) is 5.06 Å². The summed E-state index contributed by atoms with van der Waals surface area (Å²) in [5, 5.41) is 1.48. The molecule has 0 aliphatic rings. The van der Waals surface area contributed by atoms with E-state index in [2.05, 4.69) is 4.52 Å². The zero-order valence-corrected chi connectivity index (χ0v) is 10.00. The SMILES string of the molecule is CCCN(CCC)OP(=O)(O)OCC. The van der Waals surface area contributed by atoms with Crippen LogP contribution in [0.5, 0.6) is 0 Å². The Morgan fingerprint density at radius 1 is 1.21 bits per heavy atom. The Morgan fingerprint density at radius 2 is 1.71 bits per heavy atom. The van der Waals surface area contributed by atoms with Gasteiger partial charge in [-0.1, -0.05) is 13.8 Å². The van der Waals surface area contributed by atoms with E-state index in [1.807, 2.05) is 13.8 Å². The lowest BCUT2D eigenvalue weighted by Gasteiger charge is -2.22. The van der Waals surface area contributed by atoms with Crippen LogP contribution in [-0.2, 0) is 13.7 Å². The van der Waals surface area contributed by atoms with Gasteiger partial charge >= 0.3 is 7.82 Å². The minimum absolute atomic E-state index is 0.167. The van der Waals surface area contributed by atoms with E-state index in [9.17, 15) is 9.46 Å². The lowest BCUT2D eigenvalue weighted by atomic mass is 10.4. The molecule has 0 saturated heterocycles. The second-order valence-corrected chi connectivity index (χ2v) is 4.26. The first-order valence-corrected chi connectivity index (χ1v) is 6.47. The topological polar surface area (TPSA) is 59.0 Å². The molecular formula is C8H20NO4P. The van der Waals surface area contributed by atoms with Crippen molar-refractivity contribution in [3.63, 3.8) is 0 Å². The molecule has 0 aliphatic carbocycles. The maximum absolute atomic E-state index is 11.2. The Balaban J connectivity index is 4.05. The summed E-state index contributed by atoms with van der Waals surface area (Å²) in [4.78, 5) is 9.21. The van der Waals surface area contributed by atoms with Crippen LogP contribution >= 0.6 is 7.82 Å². The first-order valence-electron chi connectivity index (χ1n) is 4.97. The molecule has 0 bridgehead atoms. The van der Waals surface area contributed by atoms with Crippen molar-refractivity contribution >= 4 is 7.82 Å².